The fourth-order valence-electron chi connectivity index (χ4n) is 2.58. The van der Waals surface area contributed by atoms with Gasteiger partial charge in [-0.2, -0.15) is 0 Å². The SMILES string of the molecule is CCOC(=O)/C=C/C[C@H]1CCC(=O)N1c1ccc(OC)cc1. The van der Waals surface area contributed by atoms with E-state index in [1.165, 1.54) is 6.08 Å². The van der Waals surface area contributed by atoms with Crippen molar-refractivity contribution in [1.29, 1.82) is 0 Å². The second-order valence-electron chi connectivity index (χ2n) is 5.04. The molecule has 1 fully saturated rings. The van der Waals surface area contributed by atoms with Gasteiger partial charge in [0, 0.05) is 24.2 Å². The Morgan fingerprint density at radius 2 is 2.09 bits per heavy atom. The van der Waals surface area contributed by atoms with Crippen molar-refractivity contribution in [3.63, 3.8) is 0 Å². The molecule has 5 heteroatoms. The number of rotatable bonds is 6. The number of carbonyl (C=O) groups excluding carboxylic acids is 2. The normalized spacial score (nSPS) is 18.0. The smallest absolute Gasteiger partial charge is 0.330 e. The molecule has 0 bridgehead atoms. The Hall–Kier alpha value is -2.30. The van der Waals surface area contributed by atoms with Crippen molar-refractivity contribution in [1.82, 2.24) is 0 Å². The van der Waals surface area contributed by atoms with Crippen LogP contribution in [0, 0.1) is 0 Å². The molecule has 0 aliphatic carbocycles. The van der Waals surface area contributed by atoms with Gasteiger partial charge < -0.3 is 14.4 Å². The lowest BCUT2D eigenvalue weighted by molar-refractivity contribution is -0.137. The van der Waals surface area contributed by atoms with Crippen molar-refractivity contribution >= 4 is 17.6 Å². The van der Waals surface area contributed by atoms with Crippen LogP contribution in [0.5, 0.6) is 5.75 Å². The molecule has 0 unspecified atom stereocenters. The summed E-state index contributed by atoms with van der Waals surface area (Å²) in [7, 11) is 1.61. The van der Waals surface area contributed by atoms with E-state index in [0.717, 1.165) is 17.9 Å². The van der Waals surface area contributed by atoms with Crippen molar-refractivity contribution in [2.75, 3.05) is 18.6 Å². The number of ether oxygens (including phenoxy) is 2. The summed E-state index contributed by atoms with van der Waals surface area (Å²) in [5, 5.41) is 0. The molecule has 1 aromatic rings. The molecular formula is C17H21NO4. The molecule has 5 nitrogen and oxygen atoms in total. The summed E-state index contributed by atoms with van der Waals surface area (Å²) in [4.78, 5) is 25.2. The highest BCUT2D eigenvalue weighted by Gasteiger charge is 2.31. The summed E-state index contributed by atoms with van der Waals surface area (Å²) in [5.74, 6) is 0.525. The zero-order chi connectivity index (χ0) is 15.9. The Morgan fingerprint density at radius 3 is 2.73 bits per heavy atom. The van der Waals surface area contributed by atoms with Crippen molar-refractivity contribution in [2.24, 2.45) is 0 Å². The molecule has 1 amide bonds. The molecule has 0 N–H and O–H groups in total. The summed E-state index contributed by atoms with van der Waals surface area (Å²) >= 11 is 0. The Labute approximate surface area is 130 Å². The molecule has 0 saturated carbocycles. The van der Waals surface area contributed by atoms with Gasteiger partial charge >= 0.3 is 5.97 Å². The fraction of sp³-hybridized carbons (Fsp3) is 0.412. The predicted octanol–water partition coefficient (Wildman–Crippen LogP) is 2.70. The number of carbonyl (C=O) groups is 2. The zero-order valence-corrected chi connectivity index (χ0v) is 13.0. The Balaban J connectivity index is 2.04. The van der Waals surface area contributed by atoms with Crippen LogP contribution in [-0.4, -0.2) is 31.6 Å². The van der Waals surface area contributed by atoms with Crippen LogP contribution in [0.2, 0.25) is 0 Å². The topological polar surface area (TPSA) is 55.8 Å². The van der Waals surface area contributed by atoms with Crippen LogP contribution in [0.25, 0.3) is 0 Å². The summed E-state index contributed by atoms with van der Waals surface area (Å²) in [6.07, 6.45) is 5.16. The van der Waals surface area contributed by atoms with E-state index < -0.39 is 0 Å². The minimum atomic E-state index is -0.345. The molecule has 118 valence electrons. The maximum atomic E-state index is 12.1. The van der Waals surface area contributed by atoms with E-state index in [1.54, 1.807) is 25.0 Å². The first-order valence-corrected chi connectivity index (χ1v) is 7.45. The van der Waals surface area contributed by atoms with Crippen LogP contribution >= 0.6 is 0 Å². The predicted molar refractivity (Wildman–Crippen MR) is 83.9 cm³/mol. The van der Waals surface area contributed by atoms with Gasteiger partial charge in [-0.1, -0.05) is 6.08 Å². The van der Waals surface area contributed by atoms with Gasteiger partial charge in [-0.25, -0.2) is 4.79 Å². The van der Waals surface area contributed by atoms with Gasteiger partial charge in [0.2, 0.25) is 5.91 Å². The van der Waals surface area contributed by atoms with E-state index in [-0.39, 0.29) is 17.9 Å². The first-order valence-electron chi connectivity index (χ1n) is 7.45. The largest absolute Gasteiger partial charge is 0.497 e. The number of hydrogen-bond acceptors (Lipinski definition) is 4. The average molecular weight is 303 g/mol. The third-order valence-corrected chi connectivity index (χ3v) is 3.62. The van der Waals surface area contributed by atoms with E-state index in [9.17, 15) is 9.59 Å². The summed E-state index contributed by atoms with van der Waals surface area (Å²) < 4.78 is 9.98. The van der Waals surface area contributed by atoms with Crippen molar-refractivity contribution in [3.05, 3.63) is 36.4 Å². The van der Waals surface area contributed by atoms with Crippen molar-refractivity contribution in [2.45, 2.75) is 32.2 Å². The molecule has 2 rings (SSSR count). The van der Waals surface area contributed by atoms with Crippen LogP contribution in [0.3, 0.4) is 0 Å². The van der Waals surface area contributed by atoms with E-state index >= 15 is 0 Å². The van der Waals surface area contributed by atoms with E-state index in [0.29, 0.717) is 19.4 Å². The average Bonchev–Trinajstić information content (AvgIpc) is 2.88. The number of amides is 1. The van der Waals surface area contributed by atoms with Crippen LogP contribution < -0.4 is 9.64 Å². The molecule has 1 aliphatic rings. The first kappa shape index (κ1) is 16.1. The number of anilines is 1. The number of benzene rings is 1. The Bertz CT molecular complexity index is 550. The Morgan fingerprint density at radius 1 is 1.36 bits per heavy atom. The number of hydrogen-bond donors (Lipinski definition) is 0. The van der Waals surface area contributed by atoms with Crippen LogP contribution in [-0.2, 0) is 14.3 Å². The molecule has 1 aromatic carbocycles. The molecular weight excluding hydrogens is 282 g/mol. The molecule has 0 aromatic heterocycles. The molecule has 1 atom stereocenters. The first-order chi connectivity index (χ1) is 10.7. The van der Waals surface area contributed by atoms with Crippen molar-refractivity contribution in [3.8, 4) is 5.75 Å². The van der Waals surface area contributed by atoms with Crippen LogP contribution in [0.1, 0.15) is 26.2 Å². The zero-order valence-electron chi connectivity index (χ0n) is 13.0. The molecule has 1 heterocycles. The highest BCUT2D eigenvalue weighted by molar-refractivity contribution is 5.96. The van der Waals surface area contributed by atoms with Crippen LogP contribution in [0.4, 0.5) is 5.69 Å². The van der Waals surface area contributed by atoms with Gasteiger partial charge in [0.25, 0.3) is 0 Å². The summed E-state index contributed by atoms with van der Waals surface area (Å²) in [5.41, 5.74) is 0.859. The van der Waals surface area contributed by atoms with Gasteiger partial charge in [-0.15, -0.1) is 0 Å². The molecule has 0 spiro atoms. The number of methoxy groups -OCH3 is 1. The molecule has 22 heavy (non-hydrogen) atoms. The second kappa shape index (κ2) is 7.64. The van der Waals surface area contributed by atoms with Gasteiger partial charge in [0.05, 0.1) is 13.7 Å². The highest BCUT2D eigenvalue weighted by Crippen LogP contribution is 2.29. The Kier molecular flexibility index (Phi) is 5.58. The molecule has 0 radical (unpaired) electrons. The minimum Gasteiger partial charge on any atom is -0.497 e. The minimum absolute atomic E-state index is 0.0755. The number of nitrogens with zero attached hydrogens (tertiary/aromatic N) is 1. The molecule has 1 saturated heterocycles. The third-order valence-electron chi connectivity index (χ3n) is 3.62. The van der Waals surface area contributed by atoms with Gasteiger partial charge in [0.15, 0.2) is 0 Å². The van der Waals surface area contributed by atoms with Crippen LogP contribution in [0.15, 0.2) is 36.4 Å². The maximum absolute atomic E-state index is 12.1. The van der Waals surface area contributed by atoms with Gasteiger partial charge in [0.1, 0.15) is 5.75 Å². The fourth-order valence-corrected chi connectivity index (χ4v) is 2.58. The standard InChI is InChI=1S/C17H21NO4/c1-3-22-17(20)6-4-5-13-9-12-16(19)18(13)14-7-10-15(21-2)11-8-14/h4,6-8,10-11,13H,3,5,9,12H2,1-2H3/b6-4+/t13-/m0/s1. The quantitative estimate of drug-likeness (QED) is 0.599. The van der Waals surface area contributed by atoms with E-state index in [4.69, 9.17) is 9.47 Å². The lowest BCUT2D eigenvalue weighted by atomic mass is 10.1. The maximum Gasteiger partial charge on any atom is 0.330 e. The molecule has 1 aliphatic heterocycles. The lowest BCUT2D eigenvalue weighted by Crippen LogP contribution is -2.32. The van der Waals surface area contributed by atoms with Crippen molar-refractivity contribution < 1.29 is 19.1 Å². The summed E-state index contributed by atoms with van der Waals surface area (Å²) in [6, 6.07) is 7.51. The second-order valence-corrected chi connectivity index (χ2v) is 5.04. The van der Waals surface area contributed by atoms with E-state index in [2.05, 4.69) is 0 Å². The van der Waals surface area contributed by atoms with Gasteiger partial charge in [-0.3, -0.25) is 4.79 Å². The number of esters is 1. The van der Waals surface area contributed by atoms with Gasteiger partial charge in [-0.05, 0) is 44.0 Å². The van der Waals surface area contributed by atoms with E-state index in [1.807, 2.05) is 24.3 Å². The monoisotopic (exact) mass is 303 g/mol. The lowest BCUT2D eigenvalue weighted by Gasteiger charge is -2.24. The third kappa shape index (κ3) is 3.87. The highest BCUT2D eigenvalue weighted by atomic mass is 16.5. The summed E-state index contributed by atoms with van der Waals surface area (Å²) in [6.45, 7) is 2.13.